The van der Waals surface area contributed by atoms with Gasteiger partial charge in [-0.15, -0.1) is 5.10 Å². The zero-order valence-electron chi connectivity index (χ0n) is 11.4. The van der Waals surface area contributed by atoms with Crippen LogP contribution in [0, 0.1) is 0 Å². The first kappa shape index (κ1) is 14.8. The molecule has 0 fully saturated rings. The standard InChI is InChI=1S/C12H16BrN5O2/c1-18-11(12(13)16-17-18)10(15-14)9-7(19-2)5-4-6-8(9)20-3/h4-6,10,15H,14H2,1-3H3. The fourth-order valence-electron chi connectivity index (χ4n) is 2.11. The van der Waals surface area contributed by atoms with Crippen LogP contribution in [-0.2, 0) is 7.05 Å². The Hall–Kier alpha value is -1.64. The molecule has 0 saturated heterocycles. The smallest absolute Gasteiger partial charge is 0.153 e. The molecule has 0 bridgehead atoms. The summed E-state index contributed by atoms with van der Waals surface area (Å²) >= 11 is 3.38. The number of benzene rings is 1. The number of aryl methyl sites for hydroxylation is 1. The zero-order valence-corrected chi connectivity index (χ0v) is 13.0. The van der Waals surface area contributed by atoms with Crippen LogP contribution in [0.5, 0.6) is 11.5 Å². The van der Waals surface area contributed by atoms with Crippen molar-refractivity contribution in [2.24, 2.45) is 12.9 Å². The van der Waals surface area contributed by atoms with Crippen molar-refractivity contribution in [1.82, 2.24) is 20.4 Å². The van der Waals surface area contributed by atoms with E-state index in [-0.39, 0.29) is 6.04 Å². The van der Waals surface area contributed by atoms with Crippen molar-refractivity contribution in [2.45, 2.75) is 6.04 Å². The van der Waals surface area contributed by atoms with Gasteiger partial charge in [-0.05, 0) is 28.1 Å². The van der Waals surface area contributed by atoms with Crippen LogP contribution in [0.1, 0.15) is 17.3 Å². The van der Waals surface area contributed by atoms with Gasteiger partial charge in [0.2, 0.25) is 0 Å². The number of hydrogen-bond donors (Lipinski definition) is 2. The van der Waals surface area contributed by atoms with E-state index >= 15 is 0 Å². The van der Waals surface area contributed by atoms with Crippen molar-refractivity contribution in [3.63, 3.8) is 0 Å². The van der Waals surface area contributed by atoms with Gasteiger partial charge >= 0.3 is 0 Å². The summed E-state index contributed by atoms with van der Waals surface area (Å²) in [5.41, 5.74) is 4.32. The van der Waals surface area contributed by atoms with Gasteiger partial charge in [0.1, 0.15) is 11.5 Å². The van der Waals surface area contributed by atoms with E-state index in [1.807, 2.05) is 18.2 Å². The maximum absolute atomic E-state index is 5.73. The molecule has 0 aliphatic heterocycles. The minimum atomic E-state index is -0.379. The summed E-state index contributed by atoms with van der Waals surface area (Å²) in [5.74, 6) is 7.06. The molecule has 3 N–H and O–H groups in total. The Morgan fingerprint density at radius 1 is 1.30 bits per heavy atom. The topological polar surface area (TPSA) is 87.2 Å². The maximum Gasteiger partial charge on any atom is 0.153 e. The van der Waals surface area contributed by atoms with Gasteiger partial charge in [0.15, 0.2) is 4.60 Å². The predicted molar refractivity (Wildman–Crippen MR) is 77.4 cm³/mol. The van der Waals surface area contributed by atoms with Crippen LogP contribution in [0.4, 0.5) is 0 Å². The Labute approximate surface area is 125 Å². The summed E-state index contributed by atoms with van der Waals surface area (Å²) in [7, 11) is 4.99. The minimum Gasteiger partial charge on any atom is -0.496 e. The van der Waals surface area contributed by atoms with Gasteiger partial charge in [0, 0.05) is 7.05 Å². The number of methoxy groups -OCH3 is 2. The van der Waals surface area contributed by atoms with E-state index in [1.165, 1.54) is 0 Å². The number of nitrogens with zero attached hydrogens (tertiary/aromatic N) is 3. The largest absolute Gasteiger partial charge is 0.496 e. The molecule has 1 heterocycles. The van der Waals surface area contributed by atoms with Crippen LogP contribution in [0.2, 0.25) is 0 Å². The molecule has 1 aromatic heterocycles. The molecule has 1 unspecified atom stereocenters. The van der Waals surface area contributed by atoms with Gasteiger partial charge in [-0.25, -0.2) is 10.1 Å². The summed E-state index contributed by atoms with van der Waals surface area (Å²) in [6.45, 7) is 0. The summed E-state index contributed by atoms with van der Waals surface area (Å²) in [6.07, 6.45) is 0. The van der Waals surface area contributed by atoms with Crippen LogP contribution in [0.25, 0.3) is 0 Å². The van der Waals surface area contributed by atoms with Gasteiger partial charge in [0.05, 0.1) is 31.5 Å². The fraction of sp³-hybridized carbons (Fsp3) is 0.333. The zero-order chi connectivity index (χ0) is 14.7. The lowest BCUT2D eigenvalue weighted by molar-refractivity contribution is 0.375. The molecule has 7 nitrogen and oxygen atoms in total. The van der Waals surface area contributed by atoms with Crippen molar-refractivity contribution in [3.05, 3.63) is 34.1 Å². The van der Waals surface area contributed by atoms with Crippen molar-refractivity contribution in [2.75, 3.05) is 14.2 Å². The van der Waals surface area contributed by atoms with E-state index < -0.39 is 0 Å². The Balaban J connectivity index is 2.63. The molecule has 0 aliphatic carbocycles. The second-order valence-electron chi connectivity index (χ2n) is 4.06. The van der Waals surface area contributed by atoms with Crippen molar-refractivity contribution in [1.29, 1.82) is 0 Å². The van der Waals surface area contributed by atoms with Crippen LogP contribution in [0.15, 0.2) is 22.8 Å². The molecule has 0 radical (unpaired) electrons. The second-order valence-corrected chi connectivity index (χ2v) is 4.82. The van der Waals surface area contributed by atoms with Gasteiger partial charge in [0.25, 0.3) is 0 Å². The molecule has 108 valence electrons. The lowest BCUT2D eigenvalue weighted by Crippen LogP contribution is -2.31. The third-order valence-electron chi connectivity index (χ3n) is 3.02. The van der Waals surface area contributed by atoms with Crippen molar-refractivity contribution < 1.29 is 9.47 Å². The highest BCUT2D eigenvalue weighted by molar-refractivity contribution is 9.10. The minimum absolute atomic E-state index is 0.379. The monoisotopic (exact) mass is 341 g/mol. The molecule has 0 spiro atoms. The summed E-state index contributed by atoms with van der Waals surface area (Å²) in [5, 5.41) is 7.94. The first-order chi connectivity index (χ1) is 9.63. The number of rotatable bonds is 5. The average molecular weight is 342 g/mol. The van der Waals surface area contributed by atoms with Crippen LogP contribution in [0.3, 0.4) is 0 Å². The molecule has 20 heavy (non-hydrogen) atoms. The summed E-state index contributed by atoms with van der Waals surface area (Å²) < 4.78 is 13.1. The van der Waals surface area contributed by atoms with Crippen molar-refractivity contribution >= 4 is 15.9 Å². The molecule has 8 heteroatoms. The number of halogens is 1. The number of nitrogens with one attached hydrogen (secondary N) is 1. The van der Waals surface area contributed by atoms with Gasteiger partial charge in [-0.2, -0.15) is 0 Å². The second kappa shape index (κ2) is 6.21. The molecular formula is C12H16BrN5O2. The van der Waals surface area contributed by atoms with Crippen LogP contribution in [-0.4, -0.2) is 29.2 Å². The highest BCUT2D eigenvalue weighted by Crippen LogP contribution is 2.38. The molecule has 1 aromatic carbocycles. The first-order valence-electron chi connectivity index (χ1n) is 5.86. The number of ether oxygens (including phenoxy) is 2. The third-order valence-corrected chi connectivity index (χ3v) is 3.59. The maximum atomic E-state index is 5.73. The summed E-state index contributed by atoms with van der Waals surface area (Å²) in [4.78, 5) is 0. The normalized spacial score (nSPS) is 12.2. The Morgan fingerprint density at radius 3 is 2.30 bits per heavy atom. The molecular weight excluding hydrogens is 326 g/mol. The average Bonchev–Trinajstić information content (AvgIpc) is 2.80. The van der Waals surface area contributed by atoms with Crippen LogP contribution < -0.4 is 20.7 Å². The molecule has 2 aromatic rings. The Morgan fingerprint density at radius 2 is 1.90 bits per heavy atom. The highest BCUT2D eigenvalue weighted by Gasteiger charge is 2.27. The predicted octanol–water partition coefficient (Wildman–Crippen LogP) is 1.15. The van der Waals surface area contributed by atoms with Crippen molar-refractivity contribution in [3.8, 4) is 11.5 Å². The number of aromatic nitrogens is 3. The van der Waals surface area contributed by atoms with E-state index in [1.54, 1.807) is 25.9 Å². The molecule has 2 rings (SSSR count). The first-order valence-corrected chi connectivity index (χ1v) is 6.65. The number of nitrogens with two attached hydrogens (primary N) is 1. The molecule has 0 saturated carbocycles. The highest BCUT2D eigenvalue weighted by atomic mass is 79.9. The third kappa shape index (κ3) is 2.49. The van der Waals surface area contributed by atoms with Gasteiger partial charge in [-0.3, -0.25) is 5.84 Å². The number of hydrogen-bond acceptors (Lipinski definition) is 6. The van der Waals surface area contributed by atoms with E-state index in [0.717, 1.165) is 11.3 Å². The quantitative estimate of drug-likeness (QED) is 0.626. The Bertz CT molecular complexity index is 560. The molecule has 1 atom stereocenters. The van der Waals surface area contributed by atoms with E-state index in [4.69, 9.17) is 15.3 Å². The van der Waals surface area contributed by atoms with E-state index in [9.17, 15) is 0 Å². The molecule has 0 amide bonds. The lowest BCUT2D eigenvalue weighted by Gasteiger charge is -2.21. The summed E-state index contributed by atoms with van der Waals surface area (Å²) in [6, 6.07) is 5.17. The SMILES string of the molecule is COc1cccc(OC)c1C(NN)c1c(Br)nnn1C. The Kier molecular flexibility index (Phi) is 4.58. The van der Waals surface area contributed by atoms with E-state index in [2.05, 4.69) is 31.7 Å². The number of hydrazine groups is 1. The van der Waals surface area contributed by atoms with E-state index in [0.29, 0.717) is 16.1 Å². The van der Waals surface area contributed by atoms with Gasteiger partial charge in [-0.1, -0.05) is 11.3 Å². The fourth-order valence-corrected chi connectivity index (χ4v) is 2.67. The van der Waals surface area contributed by atoms with Gasteiger partial charge < -0.3 is 9.47 Å². The van der Waals surface area contributed by atoms with Crippen LogP contribution >= 0.6 is 15.9 Å². The molecule has 0 aliphatic rings. The lowest BCUT2D eigenvalue weighted by atomic mass is 10.0.